The molecule has 0 saturated carbocycles. The van der Waals surface area contributed by atoms with Gasteiger partial charge in [0.1, 0.15) is 5.54 Å². The van der Waals surface area contributed by atoms with Crippen molar-refractivity contribution in [3.05, 3.63) is 53.6 Å². The van der Waals surface area contributed by atoms with Crippen LogP contribution in [0.15, 0.2) is 42.5 Å². The van der Waals surface area contributed by atoms with Crippen molar-refractivity contribution in [1.82, 2.24) is 10.6 Å². The summed E-state index contributed by atoms with van der Waals surface area (Å²) in [5, 5.41) is 16.4. The van der Waals surface area contributed by atoms with E-state index in [1.165, 1.54) is 13.2 Å². The molecule has 29 heavy (non-hydrogen) atoms. The van der Waals surface area contributed by atoms with Gasteiger partial charge >= 0.3 is 6.03 Å². The quantitative estimate of drug-likeness (QED) is 0.639. The zero-order valence-corrected chi connectivity index (χ0v) is 15.7. The fourth-order valence-electron chi connectivity index (χ4n) is 2.85. The first-order valence-corrected chi connectivity index (χ1v) is 8.60. The Hall–Kier alpha value is -4.06. The van der Waals surface area contributed by atoms with Crippen LogP contribution in [0.3, 0.4) is 0 Å². The normalized spacial score (nSPS) is 17.7. The standard InChI is InChI=1S/C20H18N4O5/c1-20(18(26)23-19(27)24-20)13-4-3-5-14(9-13)22-17(25)11-29-15-7-6-12(10-21)8-16(15)28-2/h3-9H,11H2,1-2H3,(H,22,25)(H2,23,24,26,27). The highest BCUT2D eigenvalue weighted by Gasteiger charge is 2.43. The zero-order valence-electron chi connectivity index (χ0n) is 15.7. The second-order valence-electron chi connectivity index (χ2n) is 6.43. The molecule has 0 radical (unpaired) electrons. The summed E-state index contributed by atoms with van der Waals surface area (Å²) in [5.74, 6) is -0.233. The lowest BCUT2D eigenvalue weighted by Gasteiger charge is -2.21. The first kappa shape index (κ1) is 19.7. The summed E-state index contributed by atoms with van der Waals surface area (Å²) in [6.45, 7) is 1.29. The molecule has 0 aliphatic carbocycles. The Kier molecular flexibility index (Phi) is 5.36. The lowest BCUT2D eigenvalue weighted by atomic mass is 9.92. The van der Waals surface area contributed by atoms with Crippen LogP contribution in [0.5, 0.6) is 11.5 Å². The molecule has 1 heterocycles. The van der Waals surface area contributed by atoms with Crippen molar-refractivity contribution < 1.29 is 23.9 Å². The van der Waals surface area contributed by atoms with E-state index in [2.05, 4.69) is 16.0 Å². The van der Waals surface area contributed by atoms with Gasteiger partial charge in [-0.15, -0.1) is 0 Å². The van der Waals surface area contributed by atoms with Crippen LogP contribution in [0.25, 0.3) is 0 Å². The van der Waals surface area contributed by atoms with Crippen molar-refractivity contribution in [2.45, 2.75) is 12.5 Å². The number of anilines is 1. The minimum Gasteiger partial charge on any atom is -0.493 e. The third-order valence-corrected chi connectivity index (χ3v) is 4.42. The molecule has 0 aromatic heterocycles. The van der Waals surface area contributed by atoms with Gasteiger partial charge < -0.3 is 20.1 Å². The lowest BCUT2D eigenvalue weighted by Crippen LogP contribution is -2.40. The van der Waals surface area contributed by atoms with E-state index in [-0.39, 0.29) is 6.61 Å². The van der Waals surface area contributed by atoms with Crippen molar-refractivity contribution in [2.24, 2.45) is 0 Å². The van der Waals surface area contributed by atoms with Crippen LogP contribution in [0.2, 0.25) is 0 Å². The fraction of sp³-hybridized carbons (Fsp3) is 0.200. The summed E-state index contributed by atoms with van der Waals surface area (Å²) < 4.78 is 10.6. The van der Waals surface area contributed by atoms with E-state index in [1.54, 1.807) is 43.3 Å². The van der Waals surface area contributed by atoms with Crippen molar-refractivity contribution in [3.63, 3.8) is 0 Å². The highest BCUT2D eigenvalue weighted by atomic mass is 16.5. The van der Waals surface area contributed by atoms with E-state index in [0.29, 0.717) is 28.3 Å². The molecule has 1 unspecified atom stereocenters. The van der Waals surface area contributed by atoms with Crippen LogP contribution in [0.4, 0.5) is 10.5 Å². The Morgan fingerprint density at radius 1 is 1.21 bits per heavy atom. The van der Waals surface area contributed by atoms with E-state index in [0.717, 1.165) is 0 Å². The number of urea groups is 1. The number of nitrogens with zero attached hydrogens (tertiary/aromatic N) is 1. The van der Waals surface area contributed by atoms with Gasteiger partial charge in [-0.05, 0) is 36.8 Å². The number of imide groups is 1. The molecule has 0 bridgehead atoms. The highest BCUT2D eigenvalue weighted by molar-refractivity contribution is 6.07. The SMILES string of the molecule is COc1cc(C#N)ccc1OCC(=O)Nc1cccc(C2(C)NC(=O)NC2=O)c1. The number of ether oxygens (including phenoxy) is 2. The molecule has 0 spiro atoms. The molecule has 1 aliphatic heterocycles. The second-order valence-corrected chi connectivity index (χ2v) is 6.43. The number of benzene rings is 2. The Morgan fingerprint density at radius 2 is 2.00 bits per heavy atom. The molecule has 148 valence electrons. The van der Waals surface area contributed by atoms with Crippen molar-refractivity contribution in [1.29, 1.82) is 5.26 Å². The molecule has 9 heteroatoms. The van der Waals surface area contributed by atoms with E-state index < -0.39 is 23.4 Å². The van der Waals surface area contributed by atoms with E-state index >= 15 is 0 Å². The number of amides is 4. The average molecular weight is 394 g/mol. The molecule has 1 saturated heterocycles. The fourth-order valence-corrected chi connectivity index (χ4v) is 2.85. The topological polar surface area (TPSA) is 130 Å². The number of hydrogen-bond acceptors (Lipinski definition) is 6. The van der Waals surface area contributed by atoms with E-state index in [4.69, 9.17) is 14.7 Å². The monoisotopic (exact) mass is 394 g/mol. The molecular weight excluding hydrogens is 376 g/mol. The van der Waals surface area contributed by atoms with Gasteiger partial charge in [-0.3, -0.25) is 14.9 Å². The third kappa shape index (κ3) is 4.11. The number of carbonyl (C=O) groups is 3. The van der Waals surface area contributed by atoms with Crippen LogP contribution >= 0.6 is 0 Å². The average Bonchev–Trinajstić information content (AvgIpc) is 2.99. The number of methoxy groups -OCH3 is 1. The Labute approximate surface area is 166 Å². The number of nitrogens with one attached hydrogen (secondary N) is 3. The highest BCUT2D eigenvalue weighted by Crippen LogP contribution is 2.28. The van der Waals surface area contributed by atoms with Gasteiger partial charge in [0.15, 0.2) is 18.1 Å². The Bertz CT molecular complexity index is 1030. The second kappa shape index (κ2) is 7.90. The number of rotatable bonds is 6. The molecule has 3 N–H and O–H groups in total. The van der Waals surface area contributed by atoms with Gasteiger partial charge in [0.05, 0.1) is 18.7 Å². The maximum atomic E-state index is 12.3. The van der Waals surface area contributed by atoms with E-state index in [9.17, 15) is 14.4 Å². The van der Waals surface area contributed by atoms with Crippen LogP contribution in [0, 0.1) is 11.3 Å². The number of hydrogen-bond donors (Lipinski definition) is 3. The third-order valence-electron chi connectivity index (χ3n) is 4.42. The Balaban J connectivity index is 1.67. The molecule has 1 atom stereocenters. The molecule has 4 amide bonds. The van der Waals surface area contributed by atoms with Crippen molar-refractivity contribution in [3.8, 4) is 17.6 Å². The summed E-state index contributed by atoms with van der Waals surface area (Å²) in [5.41, 5.74) is 0.155. The maximum absolute atomic E-state index is 12.3. The maximum Gasteiger partial charge on any atom is 0.322 e. The molecular formula is C20H18N4O5. The van der Waals surface area contributed by atoms with Gasteiger partial charge in [-0.1, -0.05) is 12.1 Å². The van der Waals surface area contributed by atoms with Crippen molar-refractivity contribution >= 4 is 23.5 Å². The van der Waals surface area contributed by atoms with Crippen LogP contribution < -0.4 is 25.4 Å². The smallest absolute Gasteiger partial charge is 0.322 e. The largest absolute Gasteiger partial charge is 0.493 e. The lowest BCUT2D eigenvalue weighted by molar-refractivity contribution is -0.123. The molecule has 1 fully saturated rings. The Morgan fingerprint density at radius 3 is 2.66 bits per heavy atom. The van der Waals surface area contributed by atoms with Crippen molar-refractivity contribution in [2.75, 3.05) is 19.0 Å². The van der Waals surface area contributed by atoms with Crippen LogP contribution in [-0.2, 0) is 15.1 Å². The zero-order chi connectivity index (χ0) is 21.0. The van der Waals surface area contributed by atoms with E-state index in [1.807, 2.05) is 6.07 Å². The molecule has 1 aliphatic rings. The number of nitriles is 1. The summed E-state index contributed by atoms with van der Waals surface area (Å²) in [7, 11) is 1.44. The molecule has 9 nitrogen and oxygen atoms in total. The number of carbonyl (C=O) groups excluding carboxylic acids is 3. The van der Waals surface area contributed by atoms with Gasteiger partial charge in [0, 0.05) is 11.8 Å². The summed E-state index contributed by atoms with van der Waals surface area (Å²) in [4.78, 5) is 35.8. The van der Waals surface area contributed by atoms with Gasteiger partial charge in [-0.25, -0.2) is 4.79 Å². The summed E-state index contributed by atoms with van der Waals surface area (Å²) >= 11 is 0. The minimum atomic E-state index is -1.22. The molecule has 2 aromatic rings. The molecule has 2 aromatic carbocycles. The first-order valence-electron chi connectivity index (χ1n) is 8.60. The summed E-state index contributed by atoms with van der Waals surface area (Å²) in [6, 6.07) is 12.6. The van der Waals surface area contributed by atoms with Gasteiger partial charge in [-0.2, -0.15) is 5.26 Å². The van der Waals surface area contributed by atoms with Crippen LogP contribution in [0.1, 0.15) is 18.1 Å². The van der Waals surface area contributed by atoms with Gasteiger partial charge in [0.25, 0.3) is 11.8 Å². The summed E-state index contributed by atoms with van der Waals surface area (Å²) in [6.07, 6.45) is 0. The molecule has 3 rings (SSSR count). The minimum absolute atomic E-state index is 0.291. The van der Waals surface area contributed by atoms with Gasteiger partial charge in [0.2, 0.25) is 0 Å². The predicted molar refractivity (Wildman–Crippen MR) is 102 cm³/mol. The first-order chi connectivity index (χ1) is 13.9. The van der Waals surface area contributed by atoms with Crippen LogP contribution in [-0.4, -0.2) is 31.6 Å². The predicted octanol–water partition coefficient (Wildman–Crippen LogP) is 1.64.